The summed E-state index contributed by atoms with van der Waals surface area (Å²) >= 11 is 7.63. The van der Waals surface area contributed by atoms with Gasteiger partial charge in [-0.05, 0) is 50.8 Å². The van der Waals surface area contributed by atoms with Gasteiger partial charge in [-0.1, -0.05) is 36.2 Å². The molecule has 0 unspecified atom stereocenters. The molecular weight excluding hydrogens is 470 g/mol. The first-order valence-electron chi connectivity index (χ1n) is 11.1. The Hall–Kier alpha value is -1.62. The van der Waals surface area contributed by atoms with E-state index in [2.05, 4.69) is 20.1 Å². The molecule has 11 heteroatoms. The van der Waals surface area contributed by atoms with E-state index in [1.807, 2.05) is 0 Å². The van der Waals surface area contributed by atoms with Crippen LogP contribution in [-0.2, 0) is 27.8 Å². The van der Waals surface area contributed by atoms with E-state index < -0.39 is 15.3 Å². The third-order valence-corrected chi connectivity index (χ3v) is 9.18. The van der Waals surface area contributed by atoms with Crippen molar-refractivity contribution in [2.24, 2.45) is 0 Å². The molecule has 4 rings (SSSR count). The van der Waals surface area contributed by atoms with Crippen LogP contribution in [0.5, 0.6) is 0 Å². The fraction of sp³-hybridized carbons (Fsp3) is 0.571. The number of carbonyl (C=O) groups is 1. The fourth-order valence-corrected chi connectivity index (χ4v) is 6.61. The number of anilines is 1. The van der Waals surface area contributed by atoms with Crippen LogP contribution in [-0.4, -0.2) is 51.7 Å². The zero-order valence-electron chi connectivity index (χ0n) is 18.1. The van der Waals surface area contributed by atoms with E-state index in [9.17, 15) is 13.2 Å². The molecule has 1 aromatic heterocycles. The quantitative estimate of drug-likeness (QED) is 0.607. The molecule has 0 aliphatic carbocycles. The number of benzene rings is 1. The van der Waals surface area contributed by atoms with Crippen LogP contribution in [0.15, 0.2) is 28.3 Å². The number of rotatable bonds is 6. The normalized spacial score (nSPS) is 18.6. The molecule has 8 nitrogen and oxygen atoms in total. The number of fused-ring (bicyclic) bond motifs is 1. The summed E-state index contributed by atoms with van der Waals surface area (Å²) < 4.78 is 29.6. The van der Waals surface area contributed by atoms with Gasteiger partial charge in [-0.25, -0.2) is 8.42 Å². The number of thioether (sulfide) groups is 1. The first-order valence-corrected chi connectivity index (χ1v) is 13.8. The maximum Gasteiger partial charge on any atom is 0.243 e. The van der Waals surface area contributed by atoms with Crippen LogP contribution >= 0.6 is 23.4 Å². The summed E-state index contributed by atoms with van der Waals surface area (Å²) in [4.78, 5) is 13.0. The predicted molar refractivity (Wildman–Crippen MR) is 126 cm³/mol. The zero-order chi connectivity index (χ0) is 22.7. The average molecular weight is 498 g/mol. The van der Waals surface area contributed by atoms with Crippen molar-refractivity contribution < 1.29 is 13.2 Å². The number of sulfonamides is 1. The van der Waals surface area contributed by atoms with Crippen molar-refractivity contribution in [2.45, 2.75) is 73.7 Å². The maximum absolute atomic E-state index is 13.0. The van der Waals surface area contributed by atoms with Gasteiger partial charge in [0.25, 0.3) is 0 Å². The number of halogens is 1. The van der Waals surface area contributed by atoms with Gasteiger partial charge in [0, 0.05) is 26.1 Å². The molecule has 0 bridgehead atoms. The van der Waals surface area contributed by atoms with Gasteiger partial charge in [-0.2, -0.15) is 4.31 Å². The fourth-order valence-electron chi connectivity index (χ4n) is 4.01. The van der Waals surface area contributed by atoms with Gasteiger partial charge in [0.05, 0.1) is 20.9 Å². The van der Waals surface area contributed by atoms with Crippen molar-refractivity contribution in [3.8, 4) is 0 Å². The van der Waals surface area contributed by atoms with E-state index in [0.717, 1.165) is 56.1 Å². The molecule has 1 saturated heterocycles. The number of carbonyl (C=O) groups excluding carboxylic acids is 1. The molecule has 1 N–H and O–H groups in total. The molecule has 0 radical (unpaired) electrons. The Labute approximate surface area is 198 Å². The van der Waals surface area contributed by atoms with Crippen molar-refractivity contribution in [1.29, 1.82) is 0 Å². The van der Waals surface area contributed by atoms with Crippen LogP contribution in [0.1, 0.15) is 51.3 Å². The van der Waals surface area contributed by atoms with E-state index in [1.165, 1.54) is 40.7 Å². The summed E-state index contributed by atoms with van der Waals surface area (Å²) in [7, 11) is -3.62. The van der Waals surface area contributed by atoms with Gasteiger partial charge in [0.15, 0.2) is 5.16 Å². The number of nitrogens with one attached hydrogen (secondary N) is 1. The standard InChI is InChI=1S/C21H28ClN5O3S2/c1-15(31-21-25-24-19-8-4-2-7-13-27(19)21)20(28)23-18-14-16(9-10-17(18)22)32(29,30)26-11-5-3-6-12-26/h9-10,14-15H,2-8,11-13H2,1H3,(H,23,28)/t15-/m0/s1. The van der Waals surface area contributed by atoms with Crippen molar-refractivity contribution in [3.63, 3.8) is 0 Å². The number of piperidine rings is 1. The largest absolute Gasteiger partial charge is 0.324 e. The molecule has 2 aliphatic heterocycles. The summed E-state index contributed by atoms with van der Waals surface area (Å²) in [6, 6.07) is 4.46. The molecule has 1 fully saturated rings. The Morgan fingerprint density at radius 1 is 1.09 bits per heavy atom. The van der Waals surface area contributed by atoms with Crippen molar-refractivity contribution in [1.82, 2.24) is 19.1 Å². The molecular formula is C21H28ClN5O3S2. The van der Waals surface area contributed by atoms with Crippen LogP contribution in [0.3, 0.4) is 0 Å². The first-order chi connectivity index (χ1) is 15.4. The van der Waals surface area contributed by atoms with Gasteiger partial charge < -0.3 is 9.88 Å². The van der Waals surface area contributed by atoms with Gasteiger partial charge in [0.1, 0.15) is 5.82 Å². The van der Waals surface area contributed by atoms with Crippen LogP contribution in [0.2, 0.25) is 5.02 Å². The van der Waals surface area contributed by atoms with Crippen molar-refractivity contribution in [3.05, 3.63) is 29.0 Å². The smallest absolute Gasteiger partial charge is 0.243 e. The first kappa shape index (κ1) is 23.5. The Morgan fingerprint density at radius 3 is 2.59 bits per heavy atom. The van der Waals surface area contributed by atoms with E-state index in [0.29, 0.717) is 23.8 Å². The highest BCUT2D eigenvalue weighted by molar-refractivity contribution is 8.00. The Bertz CT molecular complexity index is 1080. The molecule has 0 saturated carbocycles. The average Bonchev–Trinajstić information content (AvgIpc) is 3.01. The minimum absolute atomic E-state index is 0.141. The lowest BCUT2D eigenvalue weighted by Crippen LogP contribution is -2.35. The van der Waals surface area contributed by atoms with Crippen LogP contribution in [0.25, 0.3) is 0 Å². The van der Waals surface area contributed by atoms with Crippen LogP contribution in [0, 0.1) is 0 Å². The monoisotopic (exact) mass is 497 g/mol. The summed E-state index contributed by atoms with van der Waals surface area (Å²) in [5.74, 6) is 0.701. The van der Waals surface area contributed by atoms with Gasteiger partial charge >= 0.3 is 0 Å². The summed E-state index contributed by atoms with van der Waals surface area (Å²) in [6.07, 6.45) is 7.01. The van der Waals surface area contributed by atoms with E-state index in [4.69, 9.17) is 11.6 Å². The lowest BCUT2D eigenvalue weighted by molar-refractivity contribution is -0.115. The minimum Gasteiger partial charge on any atom is -0.324 e. The lowest BCUT2D eigenvalue weighted by Gasteiger charge is -2.26. The number of aromatic nitrogens is 3. The highest BCUT2D eigenvalue weighted by Gasteiger charge is 2.27. The van der Waals surface area contributed by atoms with Gasteiger partial charge in [-0.3, -0.25) is 4.79 Å². The van der Waals surface area contributed by atoms with E-state index in [-0.39, 0.29) is 10.8 Å². The number of hydrogen-bond donors (Lipinski definition) is 1. The molecule has 1 aromatic carbocycles. The molecule has 1 amide bonds. The number of hydrogen-bond acceptors (Lipinski definition) is 6. The van der Waals surface area contributed by atoms with Crippen LogP contribution in [0.4, 0.5) is 5.69 Å². The molecule has 1 atom stereocenters. The minimum atomic E-state index is -3.62. The van der Waals surface area contributed by atoms with Crippen LogP contribution < -0.4 is 5.32 Å². The highest BCUT2D eigenvalue weighted by atomic mass is 35.5. The topological polar surface area (TPSA) is 97.2 Å². The second-order valence-corrected chi connectivity index (χ2v) is 11.9. The summed E-state index contributed by atoms with van der Waals surface area (Å²) in [6.45, 7) is 3.69. The number of aryl methyl sites for hydroxylation is 1. The van der Waals surface area contributed by atoms with Crippen molar-refractivity contribution in [2.75, 3.05) is 18.4 Å². The van der Waals surface area contributed by atoms with Gasteiger partial charge in [0.2, 0.25) is 15.9 Å². The second-order valence-electron chi connectivity index (χ2n) is 8.22. The molecule has 3 heterocycles. The number of nitrogens with zero attached hydrogens (tertiary/aromatic N) is 4. The molecule has 2 aliphatic rings. The Morgan fingerprint density at radius 2 is 1.81 bits per heavy atom. The summed E-state index contributed by atoms with van der Waals surface area (Å²) in [5, 5.41) is 11.9. The third-order valence-electron chi connectivity index (χ3n) is 5.88. The van der Waals surface area contributed by atoms with Crippen molar-refractivity contribution >= 4 is 45.0 Å². The molecule has 2 aromatic rings. The van der Waals surface area contributed by atoms with Gasteiger partial charge in [-0.15, -0.1) is 10.2 Å². The SMILES string of the molecule is C[C@H](Sc1nnc2n1CCCCC2)C(=O)Nc1cc(S(=O)(=O)N2CCCCC2)ccc1Cl. The second kappa shape index (κ2) is 10.1. The Balaban J connectivity index is 1.47. The third kappa shape index (κ3) is 5.13. The molecule has 32 heavy (non-hydrogen) atoms. The molecule has 0 spiro atoms. The van der Waals surface area contributed by atoms with E-state index >= 15 is 0 Å². The molecule has 174 valence electrons. The lowest BCUT2D eigenvalue weighted by atomic mass is 10.2. The summed E-state index contributed by atoms with van der Waals surface area (Å²) in [5.41, 5.74) is 0.294. The predicted octanol–water partition coefficient (Wildman–Crippen LogP) is 3.95. The zero-order valence-corrected chi connectivity index (χ0v) is 20.5. The van der Waals surface area contributed by atoms with E-state index in [1.54, 1.807) is 6.92 Å². The number of amides is 1. The maximum atomic E-state index is 13.0. The Kier molecular flexibility index (Phi) is 7.44. The highest BCUT2D eigenvalue weighted by Crippen LogP contribution is 2.30.